The van der Waals surface area contributed by atoms with Crippen LogP contribution in [0.5, 0.6) is 0 Å². The molecular weight excluding hydrogens is 279 g/mol. The number of anilines is 1. The molecule has 0 amide bonds. The zero-order valence-electron chi connectivity index (χ0n) is 10.8. The predicted octanol–water partition coefficient (Wildman–Crippen LogP) is 4.50. The number of rotatable bonds is 5. The Bertz CT molecular complexity index is 529. The molecule has 100 valence electrons. The van der Waals surface area contributed by atoms with E-state index in [-0.39, 0.29) is 0 Å². The number of hydrogen-bond acceptors (Lipinski definition) is 2. The minimum atomic E-state index is 0.440. The minimum Gasteiger partial charge on any atom is -0.367 e. The monoisotopic (exact) mass is 294 g/mol. The summed E-state index contributed by atoms with van der Waals surface area (Å²) < 4.78 is 0. The highest BCUT2D eigenvalue weighted by molar-refractivity contribution is 6.32. The van der Waals surface area contributed by atoms with Gasteiger partial charge in [-0.2, -0.15) is 0 Å². The summed E-state index contributed by atoms with van der Waals surface area (Å²) in [4.78, 5) is 6.30. The normalized spacial score (nSPS) is 10.5. The van der Waals surface area contributed by atoms with E-state index in [9.17, 15) is 0 Å². The van der Waals surface area contributed by atoms with E-state index in [1.54, 1.807) is 0 Å². The van der Waals surface area contributed by atoms with Gasteiger partial charge < -0.3 is 4.90 Å². The maximum absolute atomic E-state index is 6.21. The molecule has 2 rings (SSSR count). The standard InChI is InChI=1S/C15H16Cl2N2/c1-2-19(11-12-5-7-18-8-6-12)14-4-3-13(10-16)15(17)9-14/h3-9H,2,10-11H2,1H3. The van der Waals surface area contributed by atoms with Gasteiger partial charge in [0.2, 0.25) is 0 Å². The Hall–Kier alpha value is -1.25. The molecule has 0 aliphatic carbocycles. The van der Waals surface area contributed by atoms with Crippen molar-refractivity contribution in [2.75, 3.05) is 11.4 Å². The Labute approximate surface area is 124 Å². The molecule has 19 heavy (non-hydrogen) atoms. The third-order valence-corrected chi connectivity index (χ3v) is 3.69. The number of pyridine rings is 1. The molecule has 0 radical (unpaired) electrons. The molecule has 0 bridgehead atoms. The van der Waals surface area contributed by atoms with E-state index in [1.165, 1.54) is 5.56 Å². The topological polar surface area (TPSA) is 16.1 Å². The Kier molecular flexibility index (Phi) is 5.06. The number of aromatic nitrogens is 1. The zero-order chi connectivity index (χ0) is 13.7. The fourth-order valence-electron chi connectivity index (χ4n) is 1.94. The molecule has 0 N–H and O–H groups in total. The van der Waals surface area contributed by atoms with Crippen LogP contribution in [-0.2, 0) is 12.4 Å². The number of benzene rings is 1. The van der Waals surface area contributed by atoms with Crippen LogP contribution in [-0.4, -0.2) is 11.5 Å². The Balaban J connectivity index is 2.20. The smallest absolute Gasteiger partial charge is 0.0488 e. The van der Waals surface area contributed by atoms with Crippen molar-refractivity contribution in [1.29, 1.82) is 0 Å². The van der Waals surface area contributed by atoms with E-state index < -0.39 is 0 Å². The van der Waals surface area contributed by atoms with Crippen LogP contribution >= 0.6 is 23.2 Å². The van der Waals surface area contributed by atoms with Crippen LogP contribution in [0.4, 0.5) is 5.69 Å². The van der Waals surface area contributed by atoms with Crippen molar-refractivity contribution in [3.63, 3.8) is 0 Å². The largest absolute Gasteiger partial charge is 0.367 e. The van der Waals surface area contributed by atoms with Gasteiger partial charge in [0.25, 0.3) is 0 Å². The summed E-state index contributed by atoms with van der Waals surface area (Å²) in [5.74, 6) is 0.440. The van der Waals surface area contributed by atoms with Crippen LogP contribution in [0.3, 0.4) is 0 Å². The van der Waals surface area contributed by atoms with E-state index in [0.717, 1.165) is 29.4 Å². The van der Waals surface area contributed by atoms with E-state index in [2.05, 4.69) is 22.9 Å². The zero-order valence-corrected chi connectivity index (χ0v) is 12.3. The fourth-order valence-corrected chi connectivity index (χ4v) is 2.48. The Morgan fingerprint density at radius 2 is 1.89 bits per heavy atom. The molecule has 1 aromatic carbocycles. The van der Waals surface area contributed by atoms with Gasteiger partial charge in [0.1, 0.15) is 0 Å². The summed E-state index contributed by atoms with van der Waals surface area (Å²) in [6, 6.07) is 10.1. The van der Waals surface area contributed by atoms with Crippen molar-refractivity contribution < 1.29 is 0 Å². The lowest BCUT2D eigenvalue weighted by atomic mass is 10.2. The molecule has 1 heterocycles. The Morgan fingerprint density at radius 1 is 1.16 bits per heavy atom. The molecule has 0 atom stereocenters. The first-order chi connectivity index (χ1) is 9.24. The first-order valence-electron chi connectivity index (χ1n) is 6.22. The van der Waals surface area contributed by atoms with Gasteiger partial charge in [-0.25, -0.2) is 0 Å². The maximum Gasteiger partial charge on any atom is 0.0488 e. The van der Waals surface area contributed by atoms with E-state index in [0.29, 0.717) is 5.88 Å². The van der Waals surface area contributed by atoms with Gasteiger partial charge in [-0.15, -0.1) is 11.6 Å². The molecule has 0 spiro atoms. The third-order valence-electron chi connectivity index (χ3n) is 3.05. The average molecular weight is 295 g/mol. The lowest BCUT2D eigenvalue weighted by Crippen LogP contribution is -2.21. The van der Waals surface area contributed by atoms with Crippen LogP contribution in [0.25, 0.3) is 0 Å². The van der Waals surface area contributed by atoms with Gasteiger partial charge in [-0.1, -0.05) is 17.7 Å². The summed E-state index contributed by atoms with van der Waals surface area (Å²) in [5.41, 5.74) is 3.31. The first-order valence-corrected chi connectivity index (χ1v) is 7.14. The molecule has 0 aliphatic rings. The molecule has 2 nitrogen and oxygen atoms in total. The van der Waals surface area contributed by atoms with Crippen molar-refractivity contribution >= 4 is 28.9 Å². The summed E-state index contributed by atoms with van der Waals surface area (Å²) >= 11 is 12.0. The lowest BCUT2D eigenvalue weighted by molar-refractivity contribution is 0.830. The van der Waals surface area contributed by atoms with Crippen LogP contribution in [0.2, 0.25) is 5.02 Å². The van der Waals surface area contributed by atoms with Gasteiger partial charge in [0.15, 0.2) is 0 Å². The van der Waals surface area contributed by atoms with Gasteiger partial charge in [0, 0.05) is 42.1 Å². The Morgan fingerprint density at radius 3 is 2.47 bits per heavy atom. The number of halogens is 2. The highest BCUT2D eigenvalue weighted by Crippen LogP contribution is 2.25. The van der Waals surface area contributed by atoms with Gasteiger partial charge in [-0.3, -0.25) is 4.98 Å². The highest BCUT2D eigenvalue weighted by atomic mass is 35.5. The molecule has 0 aliphatic heterocycles. The lowest BCUT2D eigenvalue weighted by Gasteiger charge is -2.23. The molecule has 0 fully saturated rings. The quantitative estimate of drug-likeness (QED) is 0.755. The summed E-state index contributed by atoms with van der Waals surface area (Å²) in [6.45, 7) is 3.89. The molecule has 1 aromatic heterocycles. The summed E-state index contributed by atoms with van der Waals surface area (Å²) in [6.07, 6.45) is 3.62. The van der Waals surface area contributed by atoms with Crippen molar-refractivity contribution in [2.45, 2.75) is 19.3 Å². The van der Waals surface area contributed by atoms with E-state index in [4.69, 9.17) is 23.2 Å². The number of nitrogens with zero attached hydrogens (tertiary/aromatic N) is 2. The van der Waals surface area contributed by atoms with Gasteiger partial charge >= 0.3 is 0 Å². The van der Waals surface area contributed by atoms with Crippen LogP contribution in [0.15, 0.2) is 42.7 Å². The third kappa shape index (κ3) is 3.62. The van der Waals surface area contributed by atoms with E-state index in [1.807, 2.05) is 36.7 Å². The number of hydrogen-bond donors (Lipinski definition) is 0. The summed E-state index contributed by atoms with van der Waals surface area (Å²) in [7, 11) is 0. The van der Waals surface area contributed by atoms with Crippen LogP contribution in [0, 0.1) is 0 Å². The fraction of sp³-hybridized carbons (Fsp3) is 0.267. The number of alkyl halides is 1. The van der Waals surface area contributed by atoms with Crippen LogP contribution < -0.4 is 4.90 Å². The predicted molar refractivity (Wildman–Crippen MR) is 82.0 cm³/mol. The second-order valence-corrected chi connectivity index (χ2v) is 4.95. The van der Waals surface area contributed by atoms with Crippen LogP contribution in [0.1, 0.15) is 18.1 Å². The van der Waals surface area contributed by atoms with E-state index >= 15 is 0 Å². The molecule has 4 heteroatoms. The van der Waals surface area contributed by atoms with Crippen molar-refractivity contribution in [1.82, 2.24) is 4.98 Å². The van der Waals surface area contributed by atoms with Gasteiger partial charge in [-0.05, 0) is 42.3 Å². The van der Waals surface area contributed by atoms with Crippen molar-refractivity contribution in [2.24, 2.45) is 0 Å². The molecule has 2 aromatic rings. The molecule has 0 saturated heterocycles. The average Bonchev–Trinajstić information content (AvgIpc) is 2.46. The van der Waals surface area contributed by atoms with Crippen molar-refractivity contribution in [3.8, 4) is 0 Å². The maximum atomic E-state index is 6.21. The first kappa shape index (κ1) is 14.2. The van der Waals surface area contributed by atoms with Gasteiger partial charge in [0.05, 0.1) is 0 Å². The highest BCUT2D eigenvalue weighted by Gasteiger charge is 2.08. The molecular formula is C15H16Cl2N2. The summed E-state index contributed by atoms with van der Waals surface area (Å²) in [5, 5.41) is 0.723. The minimum absolute atomic E-state index is 0.440. The SMILES string of the molecule is CCN(Cc1ccncc1)c1ccc(CCl)c(Cl)c1. The molecule has 0 unspecified atom stereocenters. The van der Waals surface area contributed by atoms with Crippen molar-refractivity contribution in [3.05, 3.63) is 58.9 Å². The molecule has 0 saturated carbocycles. The second-order valence-electron chi connectivity index (χ2n) is 4.28. The second kappa shape index (κ2) is 6.78.